The van der Waals surface area contributed by atoms with Gasteiger partial charge in [-0.1, -0.05) is 53.4 Å². The van der Waals surface area contributed by atoms with Crippen molar-refractivity contribution in [2.24, 2.45) is 0 Å². The van der Waals surface area contributed by atoms with Crippen LogP contribution in [0.1, 0.15) is 47.5 Å². The molecular weight excluding hydrogens is 415 g/mol. The summed E-state index contributed by atoms with van der Waals surface area (Å²) in [4.78, 5) is 15.0. The number of carbonyl (C=O) groups is 1. The fourth-order valence-corrected chi connectivity index (χ4v) is 4.12. The first kappa shape index (κ1) is 21.4. The van der Waals surface area contributed by atoms with E-state index in [0.29, 0.717) is 27.2 Å². The van der Waals surface area contributed by atoms with Crippen molar-refractivity contribution in [3.8, 4) is 0 Å². The molecule has 1 fully saturated rings. The molecule has 1 amide bonds. The molecule has 1 atom stereocenters. The molecule has 3 nitrogen and oxygen atoms in total. The number of nitrogens with one attached hydrogen (secondary N) is 1. The van der Waals surface area contributed by atoms with E-state index in [9.17, 15) is 4.79 Å². The number of hydrogen-bond acceptors (Lipinski definition) is 2. The second kappa shape index (κ2) is 10.5. The lowest BCUT2D eigenvalue weighted by Crippen LogP contribution is -2.34. The van der Waals surface area contributed by atoms with Crippen molar-refractivity contribution >= 4 is 40.7 Å². The topological polar surface area (TPSA) is 32.3 Å². The minimum absolute atomic E-state index is 0.120. The average Bonchev–Trinajstić information content (AvgIpc) is 2.71. The Morgan fingerprint density at radius 1 is 1.00 bits per heavy atom. The van der Waals surface area contributed by atoms with Gasteiger partial charge in [0.2, 0.25) is 0 Å². The number of carbonyl (C=O) groups excluding carboxylic acids is 1. The summed E-state index contributed by atoms with van der Waals surface area (Å²) in [6.45, 7) is 3.86. The third kappa shape index (κ3) is 6.12. The van der Waals surface area contributed by atoms with Crippen LogP contribution < -0.4 is 5.32 Å². The Morgan fingerprint density at radius 3 is 2.50 bits per heavy atom. The van der Waals surface area contributed by atoms with E-state index in [1.807, 2.05) is 18.2 Å². The Bertz CT molecular complexity index is 806. The quantitative estimate of drug-likeness (QED) is 0.570. The first-order valence-electron chi connectivity index (χ1n) is 9.74. The zero-order valence-corrected chi connectivity index (χ0v) is 18.0. The van der Waals surface area contributed by atoms with Gasteiger partial charge in [0, 0.05) is 23.0 Å². The van der Waals surface area contributed by atoms with Crippen molar-refractivity contribution < 1.29 is 4.79 Å². The molecule has 3 rings (SSSR count). The van der Waals surface area contributed by atoms with Gasteiger partial charge in [0.05, 0.1) is 10.0 Å². The summed E-state index contributed by atoms with van der Waals surface area (Å²) >= 11 is 18.3. The molecule has 0 bridgehead atoms. The minimum Gasteiger partial charge on any atom is -0.351 e. The number of hydrogen-bond donors (Lipinski definition) is 1. The standard InChI is InChI=1S/C22H25Cl3N2O/c23-19-6-4-5-17(13-19)22(28)26-15-18(9-12-27-10-2-1-3-11-27)16-7-8-20(24)21(25)14-16/h4-8,13-14,18H,1-3,9-12,15H2,(H,26,28). The van der Waals surface area contributed by atoms with E-state index in [1.54, 1.807) is 24.3 Å². The summed E-state index contributed by atoms with van der Waals surface area (Å²) in [7, 11) is 0. The number of likely N-dealkylation sites (tertiary alicyclic amines) is 1. The van der Waals surface area contributed by atoms with E-state index < -0.39 is 0 Å². The summed E-state index contributed by atoms with van der Waals surface area (Å²) in [6, 6.07) is 12.7. The molecule has 1 unspecified atom stereocenters. The molecule has 0 aliphatic carbocycles. The molecule has 0 spiro atoms. The molecule has 1 aliphatic rings. The van der Waals surface area contributed by atoms with Gasteiger partial charge in [0.15, 0.2) is 0 Å². The van der Waals surface area contributed by atoms with E-state index in [-0.39, 0.29) is 11.8 Å². The molecule has 150 valence electrons. The van der Waals surface area contributed by atoms with Crippen molar-refractivity contribution in [1.82, 2.24) is 10.2 Å². The summed E-state index contributed by atoms with van der Waals surface area (Å²) < 4.78 is 0. The van der Waals surface area contributed by atoms with Gasteiger partial charge in [0.25, 0.3) is 5.91 Å². The van der Waals surface area contributed by atoms with Gasteiger partial charge in [-0.25, -0.2) is 0 Å². The first-order chi connectivity index (χ1) is 13.5. The van der Waals surface area contributed by atoms with Gasteiger partial charge in [-0.3, -0.25) is 4.79 Å². The Labute approximate surface area is 182 Å². The number of amides is 1. The Kier molecular flexibility index (Phi) is 8.04. The number of nitrogens with zero attached hydrogens (tertiary/aromatic N) is 1. The summed E-state index contributed by atoms with van der Waals surface area (Å²) in [5.74, 6) is 0.0466. The van der Waals surface area contributed by atoms with Crippen molar-refractivity contribution in [1.29, 1.82) is 0 Å². The van der Waals surface area contributed by atoms with E-state index in [0.717, 1.165) is 31.6 Å². The highest BCUT2D eigenvalue weighted by Crippen LogP contribution is 2.28. The van der Waals surface area contributed by atoms with Crippen LogP contribution in [0.2, 0.25) is 15.1 Å². The second-order valence-corrected chi connectivity index (χ2v) is 8.53. The molecule has 2 aromatic carbocycles. The van der Waals surface area contributed by atoms with Crippen LogP contribution in [-0.2, 0) is 0 Å². The lowest BCUT2D eigenvalue weighted by molar-refractivity contribution is 0.0949. The zero-order chi connectivity index (χ0) is 19.9. The fourth-order valence-electron chi connectivity index (χ4n) is 3.62. The van der Waals surface area contributed by atoms with Crippen LogP contribution in [0.5, 0.6) is 0 Å². The van der Waals surface area contributed by atoms with Gasteiger partial charge >= 0.3 is 0 Å². The van der Waals surface area contributed by atoms with Crippen LogP contribution in [0.4, 0.5) is 0 Å². The lowest BCUT2D eigenvalue weighted by atomic mass is 9.94. The Balaban J connectivity index is 1.67. The summed E-state index contributed by atoms with van der Waals surface area (Å²) in [5.41, 5.74) is 1.66. The van der Waals surface area contributed by atoms with E-state index >= 15 is 0 Å². The molecule has 0 radical (unpaired) electrons. The third-order valence-electron chi connectivity index (χ3n) is 5.25. The summed E-state index contributed by atoms with van der Waals surface area (Å²) in [5, 5.41) is 4.70. The van der Waals surface area contributed by atoms with Gasteiger partial charge < -0.3 is 10.2 Å². The smallest absolute Gasteiger partial charge is 0.251 e. The largest absolute Gasteiger partial charge is 0.351 e. The molecule has 28 heavy (non-hydrogen) atoms. The van der Waals surface area contributed by atoms with E-state index in [1.165, 1.54) is 19.3 Å². The van der Waals surface area contributed by atoms with Gasteiger partial charge in [-0.2, -0.15) is 0 Å². The molecule has 0 saturated carbocycles. The van der Waals surface area contributed by atoms with Crippen LogP contribution in [0.15, 0.2) is 42.5 Å². The van der Waals surface area contributed by atoms with Crippen LogP contribution in [-0.4, -0.2) is 37.0 Å². The number of halogens is 3. The lowest BCUT2D eigenvalue weighted by Gasteiger charge is -2.28. The monoisotopic (exact) mass is 438 g/mol. The van der Waals surface area contributed by atoms with Crippen LogP contribution in [0.25, 0.3) is 0 Å². The van der Waals surface area contributed by atoms with Crippen molar-refractivity contribution in [3.05, 3.63) is 68.7 Å². The van der Waals surface area contributed by atoms with Gasteiger partial charge in [-0.05, 0) is 74.8 Å². The molecule has 6 heteroatoms. The van der Waals surface area contributed by atoms with Crippen LogP contribution in [0.3, 0.4) is 0 Å². The predicted octanol–water partition coefficient (Wildman–Crippen LogP) is 6.04. The van der Waals surface area contributed by atoms with Crippen molar-refractivity contribution in [2.45, 2.75) is 31.6 Å². The van der Waals surface area contributed by atoms with Crippen molar-refractivity contribution in [3.63, 3.8) is 0 Å². The number of benzene rings is 2. The highest BCUT2D eigenvalue weighted by Gasteiger charge is 2.18. The third-order valence-corrected chi connectivity index (χ3v) is 6.23. The maximum absolute atomic E-state index is 12.5. The Hall–Kier alpha value is -1.26. The normalized spacial score (nSPS) is 16.0. The second-order valence-electron chi connectivity index (χ2n) is 7.28. The van der Waals surface area contributed by atoms with Crippen molar-refractivity contribution in [2.75, 3.05) is 26.2 Å². The molecule has 0 aromatic heterocycles. The van der Waals surface area contributed by atoms with Crippen LogP contribution in [0, 0.1) is 0 Å². The Morgan fingerprint density at radius 2 is 1.79 bits per heavy atom. The molecule has 1 heterocycles. The zero-order valence-electron chi connectivity index (χ0n) is 15.8. The maximum atomic E-state index is 12.5. The van der Waals surface area contributed by atoms with E-state index in [4.69, 9.17) is 34.8 Å². The van der Waals surface area contributed by atoms with Gasteiger partial charge in [0.1, 0.15) is 0 Å². The minimum atomic E-state index is -0.120. The molecule has 1 aliphatic heterocycles. The molecule has 2 aromatic rings. The first-order valence-corrected chi connectivity index (χ1v) is 10.9. The number of rotatable bonds is 7. The van der Waals surface area contributed by atoms with Gasteiger partial charge in [-0.15, -0.1) is 0 Å². The molecule has 1 N–H and O–H groups in total. The van der Waals surface area contributed by atoms with Crippen LogP contribution >= 0.6 is 34.8 Å². The average molecular weight is 440 g/mol. The predicted molar refractivity (Wildman–Crippen MR) is 118 cm³/mol. The fraction of sp³-hybridized carbons (Fsp3) is 0.409. The highest BCUT2D eigenvalue weighted by molar-refractivity contribution is 6.42. The number of piperidine rings is 1. The maximum Gasteiger partial charge on any atom is 0.251 e. The summed E-state index contributed by atoms with van der Waals surface area (Å²) in [6.07, 6.45) is 4.81. The molecule has 1 saturated heterocycles. The molecular formula is C22H25Cl3N2O. The van der Waals surface area contributed by atoms with E-state index in [2.05, 4.69) is 10.2 Å². The SMILES string of the molecule is O=C(NCC(CCN1CCCCC1)c1ccc(Cl)c(Cl)c1)c1cccc(Cl)c1. The highest BCUT2D eigenvalue weighted by atomic mass is 35.5.